The van der Waals surface area contributed by atoms with Crippen LogP contribution in [0, 0.1) is 0 Å². The Morgan fingerprint density at radius 3 is 1.59 bits per heavy atom. The smallest absolute Gasteiger partial charge is 0.0503 e. The maximum absolute atomic E-state index is 2.45. The molecule has 44 heavy (non-hydrogen) atoms. The summed E-state index contributed by atoms with van der Waals surface area (Å²) >= 11 is 0. The van der Waals surface area contributed by atoms with E-state index in [2.05, 4.69) is 183 Å². The van der Waals surface area contributed by atoms with Crippen LogP contribution in [0.15, 0.2) is 164 Å². The molecule has 0 N–H and O–H groups in total. The molecule has 1 aliphatic rings. The zero-order valence-electron chi connectivity index (χ0n) is 25.0. The molecule has 0 saturated carbocycles. The molecule has 0 fully saturated rings. The summed E-state index contributed by atoms with van der Waals surface area (Å²) in [6, 6.07) is 59.7. The Morgan fingerprint density at radius 2 is 0.909 bits per heavy atom. The van der Waals surface area contributed by atoms with Gasteiger partial charge < -0.3 is 4.90 Å². The van der Waals surface area contributed by atoms with Crippen LogP contribution in [0.1, 0.15) is 25.0 Å². The quantitative estimate of drug-likeness (QED) is 0.206. The lowest BCUT2D eigenvalue weighted by molar-refractivity contribution is 0.632. The molecule has 1 heteroatoms. The summed E-state index contributed by atoms with van der Waals surface area (Å²) in [4.78, 5) is 2.45. The number of hydrogen-bond donors (Lipinski definition) is 0. The van der Waals surface area contributed by atoms with Gasteiger partial charge in [-0.05, 0) is 91.7 Å². The molecule has 0 aliphatic carbocycles. The fourth-order valence-corrected chi connectivity index (χ4v) is 6.90. The van der Waals surface area contributed by atoms with Gasteiger partial charge in [-0.25, -0.2) is 0 Å². The third-order valence-corrected chi connectivity index (χ3v) is 9.26. The number of fused-ring (bicyclic) bond motifs is 3. The van der Waals surface area contributed by atoms with E-state index >= 15 is 0 Å². The van der Waals surface area contributed by atoms with Crippen LogP contribution in [0.2, 0.25) is 0 Å². The van der Waals surface area contributed by atoms with Gasteiger partial charge in [0, 0.05) is 11.1 Å². The Balaban J connectivity index is 1.33. The normalized spacial score (nSPS) is 13.4. The molecule has 0 saturated heterocycles. The second-order valence-electron chi connectivity index (χ2n) is 12.2. The van der Waals surface area contributed by atoms with Crippen LogP contribution in [0.4, 0.5) is 17.1 Å². The Morgan fingerprint density at radius 1 is 0.409 bits per heavy atom. The van der Waals surface area contributed by atoms with E-state index < -0.39 is 0 Å². The summed E-state index contributed by atoms with van der Waals surface area (Å²) in [6.45, 7) is 4.75. The SMILES string of the molecule is CC1(C)c2cc(-c3ccccc3)ccc2N(c2ccc(-c3ccccc3)cc2)c2ccc(-c3cccc4ccccc34)cc21. The fraction of sp³-hybridized carbons (Fsp3) is 0.0698. The first-order chi connectivity index (χ1) is 21.6. The maximum atomic E-state index is 2.45. The van der Waals surface area contributed by atoms with Crippen LogP contribution in [0.25, 0.3) is 44.2 Å². The molecular weight excluding hydrogens is 530 g/mol. The third-order valence-electron chi connectivity index (χ3n) is 9.26. The van der Waals surface area contributed by atoms with Crippen molar-refractivity contribution in [3.05, 3.63) is 175 Å². The minimum Gasteiger partial charge on any atom is -0.310 e. The van der Waals surface area contributed by atoms with Crippen LogP contribution in [-0.4, -0.2) is 0 Å². The van der Waals surface area contributed by atoms with Crippen molar-refractivity contribution < 1.29 is 0 Å². The number of rotatable bonds is 4. The van der Waals surface area contributed by atoms with E-state index in [1.54, 1.807) is 0 Å². The van der Waals surface area contributed by atoms with Gasteiger partial charge in [0.25, 0.3) is 0 Å². The van der Waals surface area contributed by atoms with Crippen molar-refractivity contribution in [1.82, 2.24) is 0 Å². The molecule has 210 valence electrons. The van der Waals surface area contributed by atoms with Crippen molar-refractivity contribution >= 4 is 27.8 Å². The summed E-state index contributed by atoms with van der Waals surface area (Å²) < 4.78 is 0. The lowest BCUT2D eigenvalue weighted by atomic mass is 9.72. The van der Waals surface area contributed by atoms with Crippen LogP contribution in [-0.2, 0) is 5.41 Å². The van der Waals surface area contributed by atoms with Gasteiger partial charge in [-0.15, -0.1) is 0 Å². The van der Waals surface area contributed by atoms with E-state index in [0.717, 1.165) is 5.69 Å². The van der Waals surface area contributed by atoms with Crippen molar-refractivity contribution in [3.63, 3.8) is 0 Å². The zero-order chi connectivity index (χ0) is 29.7. The summed E-state index contributed by atoms with van der Waals surface area (Å²) in [5.74, 6) is 0. The molecule has 7 aromatic carbocycles. The minimum atomic E-state index is -0.212. The van der Waals surface area contributed by atoms with Gasteiger partial charge in [0.05, 0.1) is 11.4 Å². The average Bonchev–Trinajstić information content (AvgIpc) is 3.09. The monoisotopic (exact) mass is 563 g/mol. The predicted octanol–water partition coefficient (Wildman–Crippen LogP) is 11.9. The zero-order valence-corrected chi connectivity index (χ0v) is 25.0. The maximum Gasteiger partial charge on any atom is 0.0503 e. The molecule has 0 aromatic heterocycles. The highest BCUT2D eigenvalue weighted by Crippen LogP contribution is 2.53. The molecule has 1 nitrogen and oxygen atoms in total. The highest BCUT2D eigenvalue weighted by Gasteiger charge is 2.37. The largest absolute Gasteiger partial charge is 0.310 e. The molecule has 0 bridgehead atoms. The topological polar surface area (TPSA) is 3.24 Å². The van der Waals surface area contributed by atoms with Gasteiger partial charge in [0.2, 0.25) is 0 Å². The van der Waals surface area contributed by atoms with Crippen molar-refractivity contribution in [2.45, 2.75) is 19.3 Å². The Kier molecular flexibility index (Phi) is 6.20. The second kappa shape index (κ2) is 10.4. The van der Waals surface area contributed by atoms with Crippen molar-refractivity contribution in [1.29, 1.82) is 0 Å². The Labute approximate surface area is 259 Å². The molecule has 0 radical (unpaired) electrons. The van der Waals surface area contributed by atoms with Gasteiger partial charge in [-0.3, -0.25) is 0 Å². The third kappa shape index (κ3) is 4.32. The predicted molar refractivity (Wildman–Crippen MR) is 187 cm³/mol. The molecule has 0 amide bonds. The van der Waals surface area contributed by atoms with Crippen LogP contribution in [0.5, 0.6) is 0 Å². The van der Waals surface area contributed by atoms with E-state index in [9.17, 15) is 0 Å². The highest BCUT2D eigenvalue weighted by molar-refractivity contribution is 5.98. The fourth-order valence-electron chi connectivity index (χ4n) is 6.90. The standard InChI is InChI=1S/C43H33N/c1-43(2)39-28-34(31-14-7-4-8-15-31)22-26-41(39)44(36-24-20-32(21-25-36)30-12-5-3-6-13-30)42-27-23-35(29-40(42)43)38-19-11-17-33-16-9-10-18-37(33)38/h3-29H,1-2H3. The average molecular weight is 564 g/mol. The lowest BCUT2D eigenvalue weighted by Gasteiger charge is -2.42. The van der Waals surface area contributed by atoms with Crippen molar-refractivity contribution in [2.24, 2.45) is 0 Å². The summed E-state index contributed by atoms with van der Waals surface area (Å²) in [5, 5.41) is 2.55. The molecule has 0 unspecified atom stereocenters. The Hall–Kier alpha value is -5.40. The van der Waals surface area contributed by atoms with E-state index in [-0.39, 0.29) is 5.41 Å². The number of nitrogens with zero attached hydrogens (tertiary/aromatic N) is 1. The van der Waals surface area contributed by atoms with E-state index in [4.69, 9.17) is 0 Å². The molecule has 0 atom stereocenters. The van der Waals surface area contributed by atoms with Crippen molar-refractivity contribution in [3.8, 4) is 33.4 Å². The van der Waals surface area contributed by atoms with E-state index in [1.807, 2.05) is 0 Å². The summed E-state index contributed by atoms with van der Waals surface area (Å²) in [6.07, 6.45) is 0. The van der Waals surface area contributed by atoms with Gasteiger partial charge in [-0.1, -0.05) is 141 Å². The first kappa shape index (κ1) is 26.2. The molecule has 1 heterocycles. The van der Waals surface area contributed by atoms with Gasteiger partial charge >= 0.3 is 0 Å². The number of hydrogen-bond acceptors (Lipinski definition) is 1. The van der Waals surface area contributed by atoms with Crippen LogP contribution >= 0.6 is 0 Å². The van der Waals surface area contributed by atoms with Crippen LogP contribution in [0.3, 0.4) is 0 Å². The van der Waals surface area contributed by atoms with Gasteiger partial charge in [0.1, 0.15) is 0 Å². The number of anilines is 3. The second-order valence-corrected chi connectivity index (χ2v) is 12.2. The Bertz CT molecular complexity index is 2120. The first-order valence-electron chi connectivity index (χ1n) is 15.4. The van der Waals surface area contributed by atoms with Crippen molar-refractivity contribution in [2.75, 3.05) is 4.90 Å². The molecular formula is C43H33N. The first-order valence-corrected chi connectivity index (χ1v) is 15.4. The molecule has 7 aromatic rings. The van der Waals surface area contributed by atoms with Gasteiger partial charge in [-0.2, -0.15) is 0 Å². The van der Waals surface area contributed by atoms with Gasteiger partial charge in [0.15, 0.2) is 0 Å². The van der Waals surface area contributed by atoms with E-state index in [1.165, 1.54) is 66.7 Å². The highest BCUT2D eigenvalue weighted by atomic mass is 15.2. The molecule has 1 aliphatic heterocycles. The summed E-state index contributed by atoms with van der Waals surface area (Å²) in [7, 11) is 0. The molecule has 8 rings (SSSR count). The molecule has 0 spiro atoms. The lowest BCUT2D eigenvalue weighted by Crippen LogP contribution is -2.30. The van der Waals surface area contributed by atoms with E-state index in [0.29, 0.717) is 0 Å². The minimum absolute atomic E-state index is 0.212. The number of benzene rings is 7. The summed E-state index contributed by atoms with van der Waals surface area (Å²) in [5.41, 5.74) is 13.5. The van der Waals surface area contributed by atoms with Crippen LogP contribution < -0.4 is 4.90 Å².